The maximum atomic E-state index is 4.86. The van der Waals surface area contributed by atoms with Gasteiger partial charge >= 0.3 is 0 Å². The molecular weight excluding hydrogens is 406 g/mol. The molecule has 0 bridgehead atoms. The average Bonchev–Trinajstić information content (AvgIpc) is 3.32. The smallest absolute Gasteiger partial charge is 0.150 e. The zero-order valence-corrected chi connectivity index (χ0v) is 18.8. The van der Waals surface area contributed by atoms with Crippen molar-refractivity contribution in [3.05, 3.63) is 90.4 Å². The lowest BCUT2D eigenvalue weighted by molar-refractivity contribution is 0.506. The molecule has 0 amide bonds. The van der Waals surface area contributed by atoms with Crippen LogP contribution in [0.5, 0.6) is 0 Å². The molecule has 4 aromatic rings. The van der Waals surface area contributed by atoms with Crippen molar-refractivity contribution in [1.29, 1.82) is 0 Å². The number of aromatic nitrogens is 3. The first-order valence-corrected chi connectivity index (χ1v) is 12.0. The maximum absolute atomic E-state index is 4.86. The van der Waals surface area contributed by atoms with Gasteiger partial charge in [0.15, 0.2) is 5.82 Å². The molecule has 0 spiro atoms. The molecule has 0 aliphatic carbocycles. The summed E-state index contributed by atoms with van der Waals surface area (Å²) in [5.41, 5.74) is 3.64. The van der Waals surface area contributed by atoms with Gasteiger partial charge in [-0.25, -0.2) is 9.97 Å². The second-order valence-corrected chi connectivity index (χ2v) is 9.35. The standard InChI is InChI=1S/C28H29N5/c1-2-6-21(7-3-1)10-11-22-14-17-32(18-22)28-27(29-15-16-30-28)24-19-33(20-24)26-13-12-23-8-4-5-9-25(23)31-26/h1-9,12-13,15-16,22,24H,10-11,14,17-20H2. The van der Waals surface area contributed by atoms with Crippen LogP contribution in [0, 0.1) is 5.92 Å². The van der Waals surface area contributed by atoms with E-state index >= 15 is 0 Å². The molecule has 0 N–H and O–H groups in total. The van der Waals surface area contributed by atoms with Crippen LogP contribution in [0.2, 0.25) is 0 Å². The number of pyridine rings is 1. The van der Waals surface area contributed by atoms with Gasteiger partial charge < -0.3 is 9.80 Å². The number of para-hydroxylation sites is 1. The average molecular weight is 436 g/mol. The quantitative estimate of drug-likeness (QED) is 0.422. The van der Waals surface area contributed by atoms with Gasteiger partial charge in [0.05, 0.1) is 11.2 Å². The number of hydrogen-bond acceptors (Lipinski definition) is 5. The third-order valence-electron chi connectivity index (χ3n) is 7.15. The van der Waals surface area contributed by atoms with Crippen molar-refractivity contribution in [2.24, 2.45) is 5.92 Å². The monoisotopic (exact) mass is 435 g/mol. The Balaban J connectivity index is 1.11. The molecule has 5 heteroatoms. The van der Waals surface area contributed by atoms with E-state index in [0.717, 1.165) is 61.4 Å². The molecule has 2 saturated heterocycles. The lowest BCUT2D eigenvalue weighted by atomic mass is 9.95. The van der Waals surface area contributed by atoms with Gasteiger partial charge in [-0.1, -0.05) is 48.5 Å². The van der Waals surface area contributed by atoms with Crippen molar-refractivity contribution < 1.29 is 0 Å². The van der Waals surface area contributed by atoms with Crippen LogP contribution in [0.15, 0.2) is 79.1 Å². The summed E-state index contributed by atoms with van der Waals surface area (Å²) in [5, 5.41) is 1.19. The molecule has 2 aliphatic rings. The largest absolute Gasteiger partial charge is 0.355 e. The van der Waals surface area contributed by atoms with Crippen LogP contribution in [0.1, 0.15) is 30.0 Å². The summed E-state index contributed by atoms with van der Waals surface area (Å²) >= 11 is 0. The zero-order valence-electron chi connectivity index (χ0n) is 18.8. The Labute approximate surface area is 195 Å². The Kier molecular flexibility index (Phi) is 5.38. The van der Waals surface area contributed by atoms with Gasteiger partial charge in [0.1, 0.15) is 5.82 Å². The Morgan fingerprint density at radius 1 is 0.788 bits per heavy atom. The van der Waals surface area contributed by atoms with Crippen molar-refractivity contribution in [1.82, 2.24) is 15.0 Å². The second-order valence-electron chi connectivity index (χ2n) is 9.35. The topological polar surface area (TPSA) is 45.2 Å². The Hall–Kier alpha value is -3.47. The minimum Gasteiger partial charge on any atom is -0.355 e. The second kappa shape index (κ2) is 8.81. The van der Waals surface area contributed by atoms with E-state index in [1.165, 1.54) is 23.8 Å². The fraction of sp³-hybridized carbons (Fsp3) is 0.321. The van der Waals surface area contributed by atoms with E-state index in [9.17, 15) is 0 Å². The minimum atomic E-state index is 0.408. The molecule has 2 fully saturated rings. The van der Waals surface area contributed by atoms with Crippen molar-refractivity contribution >= 4 is 22.5 Å². The van der Waals surface area contributed by atoms with Crippen LogP contribution in [-0.4, -0.2) is 41.1 Å². The van der Waals surface area contributed by atoms with Gasteiger partial charge in [0.2, 0.25) is 0 Å². The van der Waals surface area contributed by atoms with Crippen LogP contribution < -0.4 is 9.80 Å². The Bertz CT molecular complexity index is 1240. The van der Waals surface area contributed by atoms with E-state index in [-0.39, 0.29) is 0 Å². The summed E-state index contributed by atoms with van der Waals surface area (Å²) in [7, 11) is 0. The summed E-state index contributed by atoms with van der Waals surface area (Å²) < 4.78 is 0. The van der Waals surface area contributed by atoms with Gasteiger partial charge in [-0.3, -0.25) is 4.98 Å². The van der Waals surface area contributed by atoms with Crippen molar-refractivity contribution in [2.75, 3.05) is 36.0 Å². The molecule has 5 nitrogen and oxygen atoms in total. The third-order valence-corrected chi connectivity index (χ3v) is 7.15. The minimum absolute atomic E-state index is 0.408. The van der Waals surface area contributed by atoms with E-state index in [1.807, 2.05) is 18.5 Å². The summed E-state index contributed by atoms with van der Waals surface area (Å²) in [6.45, 7) is 4.06. The lowest BCUT2D eigenvalue weighted by Gasteiger charge is -2.40. The number of hydrogen-bond donors (Lipinski definition) is 0. The number of aryl methyl sites for hydroxylation is 1. The van der Waals surface area contributed by atoms with Crippen molar-refractivity contribution in [3.63, 3.8) is 0 Å². The molecule has 33 heavy (non-hydrogen) atoms. The molecule has 0 radical (unpaired) electrons. The fourth-order valence-electron chi connectivity index (χ4n) is 5.22. The van der Waals surface area contributed by atoms with E-state index in [0.29, 0.717) is 5.92 Å². The Morgan fingerprint density at radius 3 is 2.52 bits per heavy atom. The van der Waals surface area contributed by atoms with Crippen molar-refractivity contribution in [2.45, 2.75) is 25.2 Å². The molecule has 2 aromatic heterocycles. The molecular formula is C28H29N5. The highest BCUT2D eigenvalue weighted by atomic mass is 15.3. The molecule has 1 atom stereocenters. The molecule has 166 valence electrons. The summed E-state index contributed by atoms with van der Waals surface area (Å²) in [6.07, 6.45) is 7.32. The van der Waals surface area contributed by atoms with E-state index < -0.39 is 0 Å². The molecule has 6 rings (SSSR count). The van der Waals surface area contributed by atoms with Gasteiger partial charge in [0.25, 0.3) is 0 Å². The zero-order chi connectivity index (χ0) is 22.0. The first-order chi connectivity index (χ1) is 16.3. The predicted molar refractivity (Wildman–Crippen MR) is 134 cm³/mol. The van der Waals surface area contributed by atoms with Crippen LogP contribution in [-0.2, 0) is 6.42 Å². The van der Waals surface area contributed by atoms with Crippen LogP contribution in [0.25, 0.3) is 10.9 Å². The van der Waals surface area contributed by atoms with Crippen molar-refractivity contribution in [3.8, 4) is 0 Å². The number of benzene rings is 2. The predicted octanol–water partition coefficient (Wildman–Crippen LogP) is 5.09. The molecule has 2 aliphatic heterocycles. The van der Waals surface area contributed by atoms with Crippen LogP contribution in [0.4, 0.5) is 11.6 Å². The molecule has 1 unspecified atom stereocenters. The van der Waals surface area contributed by atoms with Crippen LogP contribution >= 0.6 is 0 Å². The highest BCUT2D eigenvalue weighted by Gasteiger charge is 2.35. The lowest BCUT2D eigenvalue weighted by Crippen LogP contribution is -2.46. The summed E-state index contributed by atoms with van der Waals surface area (Å²) in [4.78, 5) is 19.3. The van der Waals surface area contributed by atoms with Gasteiger partial charge in [-0.15, -0.1) is 0 Å². The number of nitrogens with zero attached hydrogens (tertiary/aromatic N) is 5. The van der Waals surface area contributed by atoms with E-state index in [2.05, 4.69) is 70.5 Å². The highest BCUT2D eigenvalue weighted by Crippen LogP contribution is 2.36. The maximum Gasteiger partial charge on any atom is 0.150 e. The molecule has 4 heterocycles. The number of rotatable bonds is 6. The van der Waals surface area contributed by atoms with Gasteiger partial charge in [-0.05, 0) is 48.9 Å². The van der Waals surface area contributed by atoms with E-state index in [1.54, 1.807) is 0 Å². The number of fused-ring (bicyclic) bond motifs is 1. The normalized spacial score (nSPS) is 18.6. The molecule has 0 saturated carbocycles. The third kappa shape index (κ3) is 4.15. The first kappa shape index (κ1) is 20.2. The van der Waals surface area contributed by atoms with Gasteiger partial charge in [-0.2, -0.15) is 0 Å². The summed E-state index contributed by atoms with van der Waals surface area (Å²) in [5.74, 6) is 3.28. The van der Waals surface area contributed by atoms with Crippen LogP contribution in [0.3, 0.4) is 0 Å². The fourth-order valence-corrected chi connectivity index (χ4v) is 5.22. The first-order valence-electron chi connectivity index (χ1n) is 12.0. The summed E-state index contributed by atoms with van der Waals surface area (Å²) in [6, 6.07) is 23.4. The Morgan fingerprint density at radius 2 is 1.61 bits per heavy atom. The highest BCUT2D eigenvalue weighted by molar-refractivity contribution is 5.80. The number of anilines is 2. The van der Waals surface area contributed by atoms with E-state index in [4.69, 9.17) is 15.0 Å². The molecule has 2 aromatic carbocycles. The SMILES string of the molecule is c1ccc(CCC2CCN(c3nccnc3C3CN(c4ccc5ccccc5n4)C3)C2)cc1. The van der Waals surface area contributed by atoms with Gasteiger partial charge in [0, 0.05) is 49.9 Å².